The van der Waals surface area contributed by atoms with E-state index in [-0.39, 0.29) is 30.5 Å². The number of rotatable bonds is 5. The van der Waals surface area contributed by atoms with Gasteiger partial charge >= 0.3 is 0 Å². The first-order chi connectivity index (χ1) is 14.4. The maximum Gasteiger partial charge on any atom is 0.260 e. The number of fused-ring (bicyclic) bond motifs is 1. The summed E-state index contributed by atoms with van der Waals surface area (Å²) in [5.41, 5.74) is 1.01. The van der Waals surface area contributed by atoms with Crippen LogP contribution in [0.25, 0.3) is 10.8 Å². The number of aryl methyl sites for hydroxylation is 1. The first kappa shape index (κ1) is 20.4. The van der Waals surface area contributed by atoms with Crippen molar-refractivity contribution in [1.29, 1.82) is 0 Å². The molecule has 0 saturated carbocycles. The summed E-state index contributed by atoms with van der Waals surface area (Å²) in [4.78, 5) is 14.5. The third kappa shape index (κ3) is 4.32. The normalized spacial score (nSPS) is 15.3. The topological polar surface area (TPSA) is 66.9 Å². The molecule has 0 aliphatic carbocycles. The van der Waals surface area contributed by atoms with E-state index in [0.29, 0.717) is 18.8 Å². The van der Waals surface area contributed by atoms with Gasteiger partial charge in [-0.25, -0.2) is 8.42 Å². The average Bonchev–Trinajstić information content (AvgIpc) is 2.77. The zero-order chi connectivity index (χ0) is 21.1. The van der Waals surface area contributed by atoms with E-state index in [9.17, 15) is 13.2 Å². The van der Waals surface area contributed by atoms with Crippen LogP contribution in [0.2, 0.25) is 0 Å². The standard InChI is InChI=1S/C23H24N2O4S/c1-18-6-10-22(11-7-18)30(27,28)25-14-12-24(13-15-25)23(26)17-29-21-9-8-19-4-2-3-5-20(19)16-21/h2-11,16H,12-15,17H2,1H3. The Morgan fingerprint density at radius 3 is 2.27 bits per heavy atom. The minimum absolute atomic E-state index is 0.0664. The summed E-state index contributed by atoms with van der Waals surface area (Å²) in [5, 5.41) is 2.17. The summed E-state index contributed by atoms with van der Waals surface area (Å²) >= 11 is 0. The molecule has 0 aromatic heterocycles. The lowest BCUT2D eigenvalue weighted by Crippen LogP contribution is -2.51. The zero-order valence-electron chi connectivity index (χ0n) is 16.8. The van der Waals surface area contributed by atoms with Crippen molar-refractivity contribution in [2.24, 2.45) is 0 Å². The second-order valence-corrected chi connectivity index (χ2v) is 9.33. The second-order valence-electron chi connectivity index (χ2n) is 7.40. The molecule has 1 aliphatic rings. The van der Waals surface area contributed by atoms with Crippen molar-refractivity contribution < 1.29 is 17.9 Å². The SMILES string of the molecule is Cc1ccc(S(=O)(=O)N2CCN(C(=O)COc3ccc4ccccc4c3)CC2)cc1. The molecule has 1 fully saturated rings. The van der Waals surface area contributed by atoms with Gasteiger partial charge in [-0.15, -0.1) is 0 Å². The van der Waals surface area contributed by atoms with Gasteiger partial charge in [0.2, 0.25) is 10.0 Å². The fourth-order valence-electron chi connectivity index (χ4n) is 3.53. The minimum atomic E-state index is -3.54. The third-order valence-electron chi connectivity index (χ3n) is 5.33. The van der Waals surface area contributed by atoms with Gasteiger partial charge in [-0.05, 0) is 42.0 Å². The van der Waals surface area contributed by atoms with Gasteiger partial charge in [0.15, 0.2) is 6.61 Å². The molecule has 0 bridgehead atoms. The molecule has 1 amide bonds. The molecule has 0 unspecified atom stereocenters. The highest BCUT2D eigenvalue weighted by Gasteiger charge is 2.30. The summed E-state index contributed by atoms with van der Waals surface area (Å²) in [6.45, 7) is 3.11. The van der Waals surface area contributed by atoms with Crippen LogP contribution in [0.3, 0.4) is 0 Å². The number of hydrogen-bond donors (Lipinski definition) is 0. The highest BCUT2D eigenvalue weighted by molar-refractivity contribution is 7.89. The van der Waals surface area contributed by atoms with E-state index in [2.05, 4.69) is 0 Å². The number of ether oxygens (including phenoxy) is 1. The molecule has 156 valence electrons. The number of amides is 1. The van der Waals surface area contributed by atoms with Crippen molar-refractivity contribution in [3.63, 3.8) is 0 Å². The van der Waals surface area contributed by atoms with Crippen molar-refractivity contribution in [2.45, 2.75) is 11.8 Å². The molecule has 1 aliphatic heterocycles. The molecule has 0 spiro atoms. The van der Waals surface area contributed by atoms with E-state index in [0.717, 1.165) is 16.3 Å². The molecule has 3 aromatic carbocycles. The van der Waals surface area contributed by atoms with Gasteiger partial charge in [-0.1, -0.05) is 48.0 Å². The summed E-state index contributed by atoms with van der Waals surface area (Å²) in [6.07, 6.45) is 0. The fraction of sp³-hybridized carbons (Fsp3) is 0.261. The summed E-state index contributed by atoms with van der Waals surface area (Å²) in [7, 11) is -3.54. The molecule has 1 heterocycles. The highest BCUT2D eigenvalue weighted by atomic mass is 32.2. The van der Waals surface area contributed by atoms with E-state index < -0.39 is 10.0 Å². The molecule has 4 rings (SSSR count). The van der Waals surface area contributed by atoms with Crippen LogP contribution in [0.1, 0.15) is 5.56 Å². The molecule has 3 aromatic rings. The Hall–Kier alpha value is -2.90. The maximum absolute atomic E-state index is 12.8. The van der Waals surface area contributed by atoms with Crippen LogP contribution in [0.5, 0.6) is 5.75 Å². The van der Waals surface area contributed by atoms with Crippen LogP contribution in [0.4, 0.5) is 0 Å². The molecule has 6 nitrogen and oxygen atoms in total. The molecule has 0 N–H and O–H groups in total. The van der Waals surface area contributed by atoms with Crippen LogP contribution in [-0.2, 0) is 14.8 Å². The van der Waals surface area contributed by atoms with Gasteiger partial charge in [-0.3, -0.25) is 4.79 Å². The van der Waals surface area contributed by atoms with Gasteiger partial charge < -0.3 is 9.64 Å². The Morgan fingerprint density at radius 1 is 0.900 bits per heavy atom. The third-order valence-corrected chi connectivity index (χ3v) is 7.25. The lowest BCUT2D eigenvalue weighted by atomic mass is 10.1. The molecule has 0 atom stereocenters. The van der Waals surface area contributed by atoms with Crippen LogP contribution in [0.15, 0.2) is 71.6 Å². The van der Waals surface area contributed by atoms with E-state index >= 15 is 0 Å². The maximum atomic E-state index is 12.8. The van der Waals surface area contributed by atoms with Crippen molar-refractivity contribution in [3.05, 3.63) is 72.3 Å². The molecule has 0 radical (unpaired) electrons. The molecule has 30 heavy (non-hydrogen) atoms. The largest absolute Gasteiger partial charge is 0.484 e. The van der Waals surface area contributed by atoms with E-state index in [1.165, 1.54) is 4.31 Å². The van der Waals surface area contributed by atoms with E-state index in [4.69, 9.17) is 4.74 Å². The van der Waals surface area contributed by atoms with Crippen LogP contribution in [0, 0.1) is 6.92 Å². The molecular weight excluding hydrogens is 400 g/mol. The highest BCUT2D eigenvalue weighted by Crippen LogP contribution is 2.21. The Morgan fingerprint density at radius 2 is 1.57 bits per heavy atom. The van der Waals surface area contributed by atoms with Crippen LogP contribution in [-0.4, -0.2) is 56.3 Å². The molecule has 1 saturated heterocycles. The number of piperazine rings is 1. The molecular formula is C23H24N2O4S. The Balaban J connectivity index is 1.33. The fourth-order valence-corrected chi connectivity index (χ4v) is 4.95. The predicted octanol–water partition coefficient (Wildman–Crippen LogP) is 3.06. The van der Waals surface area contributed by atoms with Gasteiger partial charge in [-0.2, -0.15) is 4.31 Å². The summed E-state index contributed by atoms with van der Waals surface area (Å²) < 4.78 is 32.7. The first-order valence-electron chi connectivity index (χ1n) is 9.90. The molecule has 7 heteroatoms. The second kappa shape index (κ2) is 8.45. The number of nitrogens with zero attached hydrogens (tertiary/aromatic N) is 2. The number of benzene rings is 3. The minimum Gasteiger partial charge on any atom is -0.484 e. The quantitative estimate of drug-likeness (QED) is 0.631. The number of sulfonamides is 1. The zero-order valence-corrected chi connectivity index (χ0v) is 17.6. The lowest BCUT2D eigenvalue weighted by molar-refractivity contribution is -0.134. The van der Waals surface area contributed by atoms with Gasteiger partial charge in [0, 0.05) is 26.2 Å². The monoisotopic (exact) mass is 424 g/mol. The van der Waals surface area contributed by atoms with E-state index in [1.54, 1.807) is 29.2 Å². The average molecular weight is 425 g/mol. The summed E-state index contributed by atoms with van der Waals surface area (Å²) in [6, 6.07) is 20.5. The summed E-state index contributed by atoms with van der Waals surface area (Å²) in [5.74, 6) is 0.498. The number of carbonyl (C=O) groups excluding carboxylic acids is 1. The van der Waals surface area contributed by atoms with Crippen molar-refractivity contribution in [2.75, 3.05) is 32.8 Å². The van der Waals surface area contributed by atoms with Gasteiger partial charge in [0.05, 0.1) is 4.90 Å². The van der Waals surface area contributed by atoms with Gasteiger partial charge in [0.1, 0.15) is 5.75 Å². The number of hydrogen-bond acceptors (Lipinski definition) is 4. The lowest BCUT2D eigenvalue weighted by Gasteiger charge is -2.34. The van der Waals surface area contributed by atoms with Crippen molar-refractivity contribution in [1.82, 2.24) is 9.21 Å². The van der Waals surface area contributed by atoms with Gasteiger partial charge in [0.25, 0.3) is 5.91 Å². The van der Waals surface area contributed by atoms with Crippen molar-refractivity contribution in [3.8, 4) is 5.75 Å². The Kier molecular flexibility index (Phi) is 5.74. The van der Waals surface area contributed by atoms with Crippen molar-refractivity contribution >= 4 is 26.7 Å². The Labute approximate surface area is 176 Å². The first-order valence-corrected chi connectivity index (χ1v) is 11.3. The van der Waals surface area contributed by atoms with Crippen LogP contribution < -0.4 is 4.74 Å². The number of carbonyl (C=O) groups is 1. The van der Waals surface area contributed by atoms with E-state index in [1.807, 2.05) is 49.4 Å². The predicted molar refractivity (Wildman–Crippen MR) is 116 cm³/mol. The van der Waals surface area contributed by atoms with Crippen LogP contribution >= 0.6 is 0 Å². The Bertz CT molecular complexity index is 1150. The smallest absolute Gasteiger partial charge is 0.260 e.